The Balaban J connectivity index is 2.24. The van der Waals surface area contributed by atoms with Crippen LogP contribution in [0.3, 0.4) is 0 Å². The van der Waals surface area contributed by atoms with Gasteiger partial charge in [-0.2, -0.15) is 0 Å². The molecule has 18 heavy (non-hydrogen) atoms. The lowest BCUT2D eigenvalue weighted by Crippen LogP contribution is -2.05. The van der Waals surface area contributed by atoms with E-state index < -0.39 is 11.6 Å². The fourth-order valence-corrected chi connectivity index (χ4v) is 2.52. The Labute approximate surface area is 112 Å². The van der Waals surface area contributed by atoms with Crippen LogP contribution in [0.5, 0.6) is 0 Å². The van der Waals surface area contributed by atoms with Crippen molar-refractivity contribution >= 4 is 17.4 Å². The molecule has 0 radical (unpaired) electrons. The first-order chi connectivity index (χ1) is 8.63. The van der Waals surface area contributed by atoms with Gasteiger partial charge in [0.2, 0.25) is 0 Å². The molecular weight excluding hydrogens is 252 g/mol. The summed E-state index contributed by atoms with van der Waals surface area (Å²) in [6.45, 7) is 4.37. The highest BCUT2D eigenvalue weighted by Crippen LogP contribution is 2.20. The van der Waals surface area contributed by atoms with Crippen molar-refractivity contribution in [2.24, 2.45) is 0 Å². The number of rotatable bonds is 8. The van der Waals surface area contributed by atoms with Gasteiger partial charge >= 0.3 is 0 Å². The molecule has 0 aliphatic heterocycles. The van der Waals surface area contributed by atoms with Crippen molar-refractivity contribution < 1.29 is 8.78 Å². The molecule has 0 unspecified atom stereocenters. The minimum Gasteiger partial charge on any atom is -0.374 e. The van der Waals surface area contributed by atoms with Gasteiger partial charge in [-0.1, -0.05) is 33.1 Å². The van der Waals surface area contributed by atoms with E-state index in [1.165, 1.54) is 37.8 Å². The summed E-state index contributed by atoms with van der Waals surface area (Å²) in [4.78, 5) is 0. The highest BCUT2D eigenvalue weighted by Gasteiger charge is 2.05. The summed E-state index contributed by atoms with van der Waals surface area (Å²) in [7, 11) is 0. The maximum Gasteiger partial charge on any atom is 0.149 e. The number of anilines is 1. The van der Waals surface area contributed by atoms with E-state index >= 15 is 0 Å². The van der Waals surface area contributed by atoms with E-state index in [2.05, 4.69) is 19.2 Å². The molecule has 0 aromatic heterocycles. The monoisotopic (exact) mass is 273 g/mol. The quantitative estimate of drug-likeness (QED) is 0.526. The Morgan fingerprint density at radius 2 is 2.06 bits per heavy atom. The van der Waals surface area contributed by atoms with E-state index in [0.29, 0.717) is 16.8 Å². The third-order valence-corrected chi connectivity index (χ3v) is 3.89. The van der Waals surface area contributed by atoms with Gasteiger partial charge in [-0.3, -0.25) is 0 Å². The van der Waals surface area contributed by atoms with Gasteiger partial charge in [-0.15, -0.1) is 11.8 Å². The number of benzene rings is 1. The van der Waals surface area contributed by atoms with Gasteiger partial charge in [0.15, 0.2) is 0 Å². The molecule has 1 atom stereocenters. The van der Waals surface area contributed by atoms with Crippen LogP contribution in [0.1, 0.15) is 39.5 Å². The first-order valence-electron chi connectivity index (χ1n) is 6.44. The zero-order valence-corrected chi connectivity index (χ0v) is 11.8. The highest BCUT2D eigenvalue weighted by atomic mass is 32.2. The molecular formula is C14H21F2NS. The molecule has 4 heteroatoms. The lowest BCUT2D eigenvalue weighted by atomic mass is 10.2. The fraction of sp³-hybridized carbons (Fsp3) is 0.571. The third-order valence-electron chi connectivity index (χ3n) is 2.78. The van der Waals surface area contributed by atoms with Crippen LogP contribution in [-0.2, 0) is 0 Å². The molecule has 1 aromatic carbocycles. The maximum absolute atomic E-state index is 13.3. The largest absolute Gasteiger partial charge is 0.374 e. The zero-order chi connectivity index (χ0) is 13.4. The first-order valence-corrected chi connectivity index (χ1v) is 7.49. The van der Waals surface area contributed by atoms with Crippen LogP contribution in [0.4, 0.5) is 14.5 Å². The van der Waals surface area contributed by atoms with Gasteiger partial charge in [-0.25, -0.2) is 8.78 Å². The van der Waals surface area contributed by atoms with E-state index in [4.69, 9.17) is 0 Å². The molecule has 1 nitrogen and oxygen atoms in total. The van der Waals surface area contributed by atoms with Crippen LogP contribution in [-0.4, -0.2) is 11.1 Å². The maximum atomic E-state index is 13.3. The van der Waals surface area contributed by atoms with Gasteiger partial charge in [0.25, 0.3) is 0 Å². The topological polar surface area (TPSA) is 12.0 Å². The smallest absolute Gasteiger partial charge is 0.149 e. The summed E-state index contributed by atoms with van der Waals surface area (Å²) in [5.41, 5.74) is 0.365. The molecule has 1 N–H and O–H groups in total. The second-order valence-corrected chi connectivity index (χ2v) is 5.85. The van der Waals surface area contributed by atoms with E-state index in [9.17, 15) is 8.78 Å². The average molecular weight is 273 g/mol. The standard InChI is InChI=1S/C14H21F2NS/c1-3-4-5-6-11(2)18-10-17-14-8-7-12(15)9-13(14)16/h7-9,11,17H,3-6,10H2,1-2H3/t11-/m1/s1. The summed E-state index contributed by atoms with van der Waals surface area (Å²) in [5, 5.41) is 3.55. The van der Waals surface area contributed by atoms with Crippen molar-refractivity contribution in [3.63, 3.8) is 0 Å². The molecule has 0 aliphatic rings. The van der Waals surface area contributed by atoms with Crippen molar-refractivity contribution in [1.82, 2.24) is 0 Å². The number of hydrogen-bond acceptors (Lipinski definition) is 2. The molecule has 0 bridgehead atoms. The molecule has 0 heterocycles. The number of hydrogen-bond donors (Lipinski definition) is 1. The SMILES string of the molecule is CCCCC[C@@H](C)SCNc1ccc(F)cc1F. The van der Waals surface area contributed by atoms with Crippen molar-refractivity contribution in [3.05, 3.63) is 29.8 Å². The number of halogens is 2. The van der Waals surface area contributed by atoms with Gasteiger partial charge in [0.1, 0.15) is 11.6 Å². The van der Waals surface area contributed by atoms with Crippen molar-refractivity contribution in [2.75, 3.05) is 11.2 Å². The van der Waals surface area contributed by atoms with E-state index in [0.717, 1.165) is 6.07 Å². The van der Waals surface area contributed by atoms with Gasteiger partial charge in [-0.05, 0) is 18.6 Å². The molecule has 0 saturated carbocycles. The van der Waals surface area contributed by atoms with Crippen molar-refractivity contribution in [1.29, 1.82) is 0 Å². The molecule has 0 amide bonds. The predicted molar refractivity (Wildman–Crippen MR) is 76.0 cm³/mol. The van der Waals surface area contributed by atoms with Crippen LogP contribution >= 0.6 is 11.8 Å². The van der Waals surface area contributed by atoms with Crippen molar-refractivity contribution in [3.8, 4) is 0 Å². The average Bonchev–Trinajstić information content (AvgIpc) is 2.32. The zero-order valence-electron chi connectivity index (χ0n) is 11.0. The Morgan fingerprint density at radius 1 is 1.28 bits per heavy atom. The summed E-state index contributed by atoms with van der Waals surface area (Å²) in [6.07, 6.45) is 4.93. The Morgan fingerprint density at radius 3 is 2.72 bits per heavy atom. The molecule has 0 fully saturated rings. The van der Waals surface area contributed by atoms with Crippen LogP contribution in [0.15, 0.2) is 18.2 Å². The molecule has 1 rings (SSSR count). The highest BCUT2D eigenvalue weighted by molar-refractivity contribution is 7.99. The molecule has 0 saturated heterocycles. The molecule has 102 valence electrons. The Hall–Kier alpha value is -0.770. The van der Waals surface area contributed by atoms with Gasteiger partial charge in [0, 0.05) is 11.3 Å². The lowest BCUT2D eigenvalue weighted by Gasteiger charge is -2.12. The second kappa shape index (κ2) is 8.35. The number of unbranched alkanes of at least 4 members (excludes halogenated alkanes) is 2. The molecule has 0 spiro atoms. The summed E-state index contributed by atoms with van der Waals surface area (Å²) in [5.74, 6) is -0.427. The predicted octanol–water partition coefficient (Wildman–Crippen LogP) is 5.04. The van der Waals surface area contributed by atoms with Crippen molar-refractivity contribution in [2.45, 2.75) is 44.8 Å². The molecule has 0 aliphatic carbocycles. The van der Waals surface area contributed by atoms with Gasteiger partial charge < -0.3 is 5.32 Å². The normalized spacial score (nSPS) is 12.4. The van der Waals surface area contributed by atoms with Crippen LogP contribution in [0, 0.1) is 11.6 Å². The van der Waals surface area contributed by atoms with Gasteiger partial charge in [0.05, 0.1) is 11.6 Å². The van der Waals surface area contributed by atoms with E-state index in [1.54, 1.807) is 11.8 Å². The Bertz CT molecular complexity index is 358. The lowest BCUT2D eigenvalue weighted by molar-refractivity contribution is 0.585. The van der Waals surface area contributed by atoms with Crippen LogP contribution in [0.2, 0.25) is 0 Å². The summed E-state index contributed by atoms with van der Waals surface area (Å²) < 4.78 is 26.0. The summed E-state index contributed by atoms with van der Waals surface area (Å²) >= 11 is 1.76. The summed E-state index contributed by atoms with van der Waals surface area (Å²) in [6, 6.07) is 3.60. The second-order valence-electron chi connectivity index (χ2n) is 4.42. The fourth-order valence-electron chi connectivity index (χ4n) is 1.66. The van der Waals surface area contributed by atoms with E-state index in [-0.39, 0.29) is 0 Å². The molecule has 1 aromatic rings. The minimum absolute atomic E-state index is 0.365. The van der Waals surface area contributed by atoms with Crippen LogP contribution in [0.25, 0.3) is 0 Å². The number of nitrogens with one attached hydrogen (secondary N) is 1. The third kappa shape index (κ3) is 5.71. The minimum atomic E-state index is -0.543. The van der Waals surface area contributed by atoms with E-state index in [1.807, 2.05) is 0 Å². The first kappa shape index (κ1) is 15.3. The Kier molecular flexibility index (Phi) is 7.09. The number of thioether (sulfide) groups is 1. The van der Waals surface area contributed by atoms with Crippen LogP contribution < -0.4 is 5.32 Å².